The lowest BCUT2D eigenvalue weighted by atomic mass is 10.2. The molecule has 0 fully saturated rings. The quantitative estimate of drug-likeness (QED) is 0.780. The molecule has 1 N–H and O–H groups in total. The number of benzene rings is 1. The summed E-state index contributed by atoms with van der Waals surface area (Å²) in [4.78, 5) is 24.4. The predicted molar refractivity (Wildman–Crippen MR) is 65.1 cm³/mol. The van der Waals surface area contributed by atoms with E-state index in [1.807, 2.05) is 25.1 Å². The Morgan fingerprint density at radius 2 is 2.06 bits per heavy atom. The van der Waals surface area contributed by atoms with Gasteiger partial charge < -0.3 is 15.0 Å². The molecular formula is C12H16N2O3. The Morgan fingerprint density at radius 3 is 2.65 bits per heavy atom. The highest BCUT2D eigenvalue weighted by molar-refractivity contribution is 5.92. The molecule has 92 valence electrons. The number of carbonyl (C=O) groups excluding carboxylic acids is 2. The Morgan fingerprint density at radius 1 is 1.35 bits per heavy atom. The fraction of sp³-hybridized carbons (Fsp3) is 0.333. The second-order valence-electron chi connectivity index (χ2n) is 3.69. The molecule has 0 saturated carbocycles. The third-order valence-electron chi connectivity index (χ3n) is 2.21. The molecule has 0 aliphatic carbocycles. The Kier molecular flexibility index (Phi) is 4.51. The molecule has 1 aromatic rings. The number of nitrogens with one attached hydrogen (secondary N) is 1. The molecular weight excluding hydrogens is 220 g/mol. The normalized spacial score (nSPS) is 9.59. The van der Waals surface area contributed by atoms with E-state index in [2.05, 4.69) is 5.32 Å². The minimum Gasteiger partial charge on any atom is -0.452 e. The summed E-state index contributed by atoms with van der Waals surface area (Å²) in [7, 11) is 5.26. The van der Waals surface area contributed by atoms with Gasteiger partial charge >= 0.3 is 5.97 Å². The number of rotatable bonds is 4. The molecule has 1 aromatic carbocycles. The lowest BCUT2D eigenvalue weighted by Crippen LogP contribution is -2.25. The summed E-state index contributed by atoms with van der Waals surface area (Å²) in [5.41, 5.74) is 1.33. The van der Waals surface area contributed by atoms with E-state index in [9.17, 15) is 9.59 Å². The topological polar surface area (TPSA) is 58.6 Å². The molecule has 5 heteroatoms. The molecule has 0 saturated heterocycles. The smallest absolute Gasteiger partial charge is 0.338 e. The van der Waals surface area contributed by atoms with Crippen LogP contribution >= 0.6 is 0 Å². The molecule has 0 unspecified atom stereocenters. The first kappa shape index (κ1) is 13.0. The lowest BCUT2D eigenvalue weighted by molar-refractivity contribution is -0.123. The van der Waals surface area contributed by atoms with Crippen molar-refractivity contribution in [3.05, 3.63) is 29.8 Å². The number of nitrogens with zero attached hydrogens (tertiary/aromatic N) is 1. The number of anilines is 1. The van der Waals surface area contributed by atoms with Crippen LogP contribution in [0.2, 0.25) is 0 Å². The predicted octanol–water partition coefficient (Wildman–Crippen LogP) is 0.655. The van der Waals surface area contributed by atoms with E-state index in [4.69, 9.17) is 4.74 Å². The van der Waals surface area contributed by atoms with Gasteiger partial charge in [0.15, 0.2) is 6.61 Å². The first-order valence-electron chi connectivity index (χ1n) is 5.19. The van der Waals surface area contributed by atoms with Gasteiger partial charge in [-0.1, -0.05) is 6.07 Å². The zero-order chi connectivity index (χ0) is 12.8. The minimum absolute atomic E-state index is 0.262. The zero-order valence-corrected chi connectivity index (χ0v) is 10.2. The molecule has 0 radical (unpaired) electrons. The van der Waals surface area contributed by atoms with Crippen LogP contribution in [0.5, 0.6) is 0 Å². The van der Waals surface area contributed by atoms with Crippen LogP contribution in [0.15, 0.2) is 24.3 Å². The molecule has 0 aromatic heterocycles. The highest BCUT2D eigenvalue weighted by Gasteiger charge is 2.10. The fourth-order valence-electron chi connectivity index (χ4n) is 1.20. The molecule has 0 atom stereocenters. The van der Waals surface area contributed by atoms with Crippen molar-refractivity contribution in [3.63, 3.8) is 0 Å². The van der Waals surface area contributed by atoms with Gasteiger partial charge in [-0.15, -0.1) is 0 Å². The maximum atomic E-state index is 11.6. The third-order valence-corrected chi connectivity index (χ3v) is 2.21. The van der Waals surface area contributed by atoms with E-state index in [1.165, 1.54) is 7.05 Å². The Balaban J connectivity index is 2.69. The summed E-state index contributed by atoms with van der Waals surface area (Å²) in [5, 5.41) is 2.38. The second-order valence-corrected chi connectivity index (χ2v) is 3.69. The van der Waals surface area contributed by atoms with Crippen LogP contribution in [0, 0.1) is 0 Å². The van der Waals surface area contributed by atoms with E-state index in [-0.39, 0.29) is 12.5 Å². The summed E-state index contributed by atoms with van der Waals surface area (Å²) in [6.45, 7) is -0.262. The number of amides is 1. The van der Waals surface area contributed by atoms with Crippen LogP contribution < -0.4 is 10.2 Å². The van der Waals surface area contributed by atoms with Crippen LogP contribution in [-0.2, 0) is 9.53 Å². The van der Waals surface area contributed by atoms with Crippen molar-refractivity contribution in [3.8, 4) is 0 Å². The zero-order valence-electron chi connectivity index (χ0n) is 10.2. The van der Waals surface area contributed by atoms with Crippen molar-refractivity contribution in [2.45, 2.75) is 0 Å². The average molecular weight is 236 g/mol. The summed E-state index contributed by atoms with van der Waals surface area (Å²) in [6, 6.07) is 7.02. The highest BCUT2D eigenvalue weighted by atomic mass is 16.5. The van der Waals surface area contributed by atoms with Gasteiger partial charge in [-0.3, -0.25) is 4.79 Å². The maximum Gasteiger partial charge on any atom is 0.338 e. The van der Waals surface area contributed by atoms with E-state index in [0.717, 1.165) is 5.69 Å². The second kappa shape index (κ2) is 5.89. The van der Waals surface area contributed by atoms with E-state index in [0.29, 0.717) is 5.56 Å². The minimum atomic E-state index is -0.502. The number of ether oxygens (including phenoxy) is 1. The summed E-state index contributed by atoms with van der Waals surface area (Å²) < 4.78 is 4.85. The average Bonchev–Trinajstić information content (AvgIpc) is 2.35. The molecule has 5 nitrogen and oxygen atoms in total. The molecule has 0 spiro atoms. The maximum absolute atomic E-state index is 11.6. The van der Waals surface area contributed by atoms with Gasteiger partial charge in [0.2, 0.25) is 0 Å². The van der Waals surface area contributed by atoms with Gasteiger partial charge in [0, 0.05) is 26.8 Å². The summed E-state index contributed by atoms with van der Waals surface area (Å²) in [5.74, 6) is -0.834. The summed E-state index contributed by atoms with van der Waals surface area (Å²) in [6.07, 6.45) is 0. The van der Waals surface area contributed by atoms with Crippen LogP contribution in [0.1, 0.15) is 10.4 Å². The monoisotopic (exact) mass is 236 g/mol. The highest BCUT2D eigenvalue weighted by Crippen LogP contribution is 2.13. The van der Waals surface area contributed by atoms with Gasteiger partial charge in [0.1, 0.15) is 0 Å². The van der Waals surface area contributed by atoms with Crippen molar-refractivity contribution in [2.75, 3.05) is 32.6 Å². The van der Waals surface area contributed by atoms with Crippen LogP contribution in [0.25, 0.3) is 0 Å². The number of esters is 1. The van der Waals surface area contributed by atoms with Gasteiger partial charge in [0.05, 0.1) is 5.56 Å². The molecule has 1 rings (SSSR count). The van der Waals surface area contributed by atoms with E-state index in [1.54, 1.807) is 18.2 Å². The number of likely N-dealkylation sites (N-methyl/N-ethyl adjacent to an activating group) is 1. The van der Waals surface area contributed by atoms with Crippen molar-refractivity contribution in [1.82, 2.24) is 5.32 Å². The van der Waals surface area contributed by atoms with Crippen molar-refractivity contribution in [1.29, 1.82) is 0 Å². The van der Waals surface area contributed by atoms with Crippen LogP contribution in [0.4, 0.5) is 5.69 Å². The van der Waals surface area contributed by atoms with Gasteiger partial charge in [-0.25, -0.2) is 4.79 Å². The van der Waals surface area contributed by atoms with Crippen molar-refractivity contribution >= 4 is 17.6 Å². The largest absolute Gasteiger partial charge is 0.452 e. The van der Waals surface area contributed by atoms with E-state index >= 15 is 0 Å². The van der Waals surface area contributed by atoms with Gasteiger partial charge in [-0.2, -0.15) is 0 Å². The van der Waals surface area contributed by atoms with E-state index < -0.39 is 5.97 Å². The molecule has 0 bridgehead atoms. The molecule has 0 heterocycles. The van der Waals surface area contributed by atoms with Crippen LogP contribution in [-0.4, -0.2) is 39.6 Å². The molecule has 1 amide bonds. The lowest BCUT2D eigenvalue weighted by Gasteiger charge is -2.13. The number of carbonyl (C=O) groups is 2. The summed E-state index contributed by atoms with van der Waals surface area (Å²) >= 11 is 0. The van der Waals surface area contributed by atoms with Gasteiger partial charge in [0.25, 0.3) is 5.91 Å². The SMILES string of the molecule is CNC(=O)COC(=O)c1cccc(N(C)C)c1. The fourth-order valence-corrected chi connectivity index (χ4v) is 1.20. The molecule has 0 aliphatic rings. The first-order valence-corrected chi connectivity index (χ1v) is 5.19. The van der Waals surface area contributed by atoms with Crippen molar-refractivity contribution in [2.24, 2.45) is 0 Å². The number of hydrogen-bond donors (Lipinski definition) is 1. The standard InChI is InChI=1S/C12H16N2O3/c1-13-11(15)8-17-12(16)9-5-4-6-10(7-9)14(2)3/h4-7H,8H2,1-3H3,(H,13,15). The molecule has 0 aliphatic heterocycles. The van der Waals surface area contributed by atoms with Crippen LogP contribution in [0.3, 0.4) is 0 Å². The van der Waals surface area contributed by atoms with Crippen molar-refractivity contribution < 1.29 is 14.3 Å². The Hall–Kier alpha value is -2.04. The molecule has 17 heavy (non-hydrogen) atoms. The van der Waals surface area contributed by atoms with Gasteiger partial charge in [-0.05, 0) is 18.2 Å². The number of hydrogen-bond acceptors (Lipinski definition) is 4. The Labute approximate surface area is 100 Å². The third kappa shape index (κ3) is 3.79. The first-order chi connectivity index (χ1) is 8.04. The Bertz CT molecular complexity index is 416.